The highest BCUT2D eigenvalue weighted by molar-refractivity contribution is 8.23. The Bertz CT molecular complexity index is 461. The minimum atomic E-state index is -0.656. The van der Waals surface area contributed by atoms with Crippen LogP contribution in [0.4, 0.5) is 0 Å². The van der Waals surface area contributed by atoms with Crippen LogP contribution >= 0.6 is 24.0 Å². The van der Waals surface area contributed by atoms with Gasteiger partial charge in [0, 0.05) is 31.4 Å². The summed E-state index contributed by atoms with van der Waals surface area (Å²) in [5.41, 5.74) is -0.656. The smallest absolute Gasteiger partial charge is 0.302 e. The quantitative estimate of drug-likeness (QED) is 0.315. The van der Waals surface area contributed by atoms with Gasteiger partial charge in [0.25, 0.3) is 0 Å². The molecule has 144 valence electrons. The molecule has 0 amide bonds. The molecule has 0 spiro atoms. The predicted octanol–water partition coefficient (Wildman–Crippen LogP) is 2.50. The maximum atomic E-state index is 11.1. The lowest BCUT2D eigenvalue weighted by atomic mass is 9.87. The summed E-state index contributed by atoms with van der Waals surface area (Å²) >= 11 is 6.40. The third kappa shape index (κ3) is 12.6. The zero-order chi connectivity index (χ0) is 19.5. The molecule has 0 aliphatic carbocycles. The molecule has 9 heteroatoms. The van der Waals surface area contributed by atoms with Crippen molar-refractivity contribution in [3.8, 4) is 0 Å². The second-order valence-electron chi connectivity index (χ2n) is 5.80. The fraction of sp³-hybridized carbons (Fsp3) is 0.750. The summed E-state index contributed by atoms with van der Waals surface area (Å²) in [4.78, 5) is 33.4. The molecule has 0 fully saturated rings. The molecule has 0 saturated heterocycles. The first-order valence-corrected chi connectivity index (χ1v) is 9.10. The van der Waals surface area contributed by atoms with E-state index in [1.54, 1.807) is 0 Å². The maximum absolute atomic E-state index is 11.1. The van der Waals surface area contributed by atoms with Crippen LogP contribution in [-0.2, 0) is 33.3 Å². The highest BCUT2D eigenvalue weighted by atomic mass is 32.2. The molecule has 0 bridgehead atoms. The van der Waals surface area contributed by atoms with Crippen molar-refractivity contribution in [1.82, 2.24) is 0 Å². The Morgan fingerprint density at radius 3 is 1.84 bits per heavy atom. The van der Waals surface area contributed by atoms with Gasteiger partial charge in [-0.2, -0.15) is 0 Å². The van der Waals surface area contributed by atoms with Gasteiger partial charge in [-0.1, -0.05) is 18.7 Å². The lowest BCUT2D eigenvalue weighted by Gasteiger charge is -2.31. The molecular formula is C16H26O7S2. The standard InChI is InChI=1S/C16H26O7S2/c1-6-20-15(24)25-14(8-21-11(2)17)7-16(5,9-22-12(3)18)10-23-13(4)19/h14H,6-10H2,1-5H3. The molecule has 25 heavy (non-hydrogen) atoms. The van der Waals surface area contributed by atoms with Gasteiger partial charge in [-0.3, -0.25) is 14.4 Å². The van der Waals surface area contributed by atoms with Gasteiger partial charge in [-0.15, -0.1) is 0 Å². The number of hydrogen-bond donors (Lipinski definition) is 0. The Balaban J connectivity index is 5.09. The lowest BCUT2D eigenvalue weighted by molar-refractivity contribution is -0.151. The van der Waals surface area contributed by atoms with Crippen LogP contribution in [0.1, 0.15) is 41.0 Å². The second-order valence-corrected chi connectivity index (χ2v) is 7.70. The van der Waals surface area contributed by atoms with Crippen LogP contribution in [0.5, 0.6) is 0 Å². The summed E-state index contributed by atoms with van der Waals surface area (Å²) < 4.78 is 20.9. The summed E-state index contributed by atoms with van der Waals surface area (Å²) in [6, 6.07) is 0. The first-order valence-electron chi connectivity index (χ1n) is 7.81. The predicted molar refractivity (Wildman–Crippen MR) is 98.2 cm³/mol. The number of carbonyl (C=O) groups excluding carboxylic acids is 3. The summed E-state index contributed by atoms with van der Waals surface area (Å²) in [5, 5.41) is -0.237. The Kier molecular flexibility index (Phi) is 11.4. The van der Waals surface area contributed by atoms with Gasteiger partial charge in [0.1, 0.15) is 6.61 Å². The summed E-state index contributed by atoms with van der Waals surface area (Å²) in [7, 11) is 0. The average Bonchev–Trinajstić information content (AvgIpc) is 2.49. The Morgan fingerprint density at radius 1 is 0.960 bits per heavy atom. The molecule has 0 aliphatic rings. The van der Waals surface area contributed by atoms with E-state index in [9.17, 15) is 14.4 Å². The van der Waals surface area contributed by atoms with Crippen LogP contribution in [0.25, 0.3) is 0 Å². The van der Waals surface area contributed by atoms with Crippen molar-refractivity contribution in [2.24, 2.45) is 5.41 Å². The fourth-order valence-electron chi connectivity index (χ4n) is 1.89. The van der Waals surface area contributed by atoms with Gasteiger partial charge >= 0.3 is 17.9 Å². The molecule has 0 heterocycles. The van der Waals surface area contributed by atoms with Gasteiger partial charge < -0.3 is 18.9 Å². The SMILES string of the molecule is CCOC(=S)SC(COC(C)=O)CC(C)(COC(C)=O)COC(C)=O. The van der Waals surface area contributed by atoms with Crippen LogP contribution in [0, 0.1) is 5.41 Å². The first kappa shape index (κ1) is 23.6. The number of thiocarbonyl (C=S) groups is 1. The number of thioether (sulfide) groups is 1. The monoisotopic (exact) mass is 394 g/mol. The summed E-state index contributed by atoms with van der Waals surface area (Å²) in [6.45, 7) is 8.25. The van der Waals surface area contributed by atoms with Gasteiger partial charge in [0.15, 0.2) is 0 Å². The van der Waals surface area contributed by atoms with Crippen LogP contribution in [0.3, 0.4) is 0 Å². The van der Waals surface area contributed by atoms with Gasteiger partial charge in [-0.25, -0.2) is 0 Å². The molecule has 0 aromatic carbocycles. The topological polar surface area (TPSA) is 88.1 Å². The van der Waals surface area contributed by atoms with E-state index in [1.165, 1.54) is 32.5 Å². The van der Waals surface area contributed by atoms with Crippen molar-refractivity contribution in [2.45, 2.75) is 46.3 Å². The van der Waals surface area contributed by atoms with Crippen molar-refractivity contribution < 1.29 is 33.3 Å². The van der Waals surface area contributed by atoms with Crippen LogP contribution in [0.15, 0.2) is 0 Å². The lowest BCUT2D eigenvalue weighted by Crippen LogP contribution is -2.35. The van der Waals surface area contributed by atoms with E-state index in [2.05, 4.69) is 0 Å². The number of hydrogen-bond acceptors (Lipinski definition) is 9. The Morgan fingerprint density at radius 2 is 1.44 bits per heavy atom. The van der Waals surface area contributed by atoms with Gasteiger partial charge in [-0.05, 0) is 25.6 Å². The van der Waals surface area contributed by atoms with Gasteiger partial charge in [0.2, 0.25) is 4.38 Å². The Hall–Kier alpha value is -1.35. The molecular weight excluding hydrogens is 368 g/mol. The normalized spacial score (nSPS) is 12.0. The molecule has 0 saturated carbocycles. The summed E-state index contributed by atoms with van der Waals surface area (Å²) in [6.07, 6.45) is 0.429. The third-order valence-corrected chi connectivity index (χ3v) is 4.32. The van der Waals surface area contributed by atoms with E-state index in [-0.39, 0.29) is 25.1 Å². The molecule has 7 nitrogen and oxygen atoms in total. The zero-order valence-corrected chi connectivity index (χ0v) is 16.9. The van der Waals surface area contributed by atoms with Crippen molar-refractivity contribution in [3.63, 3.8) is 0 Å². The van der Waals surface area contributed by atoms with Crippen molar-refractivity contribution in [2.75, 3.05) is 26.4 Å². The van der Waals surface area contributed by atoms with Gasteiger partial charge in [0.05, 0.1) is 19.8 Å². The Labute approximate surface area is 158 Å². The van der Waals surface area contributed by atoms with E-state index in [1.807, 2.05) is 13.8 Å². The van der Waals surface area contributed by atoms with E-state index in [4.69, 9.17) is 31.2 Å². The molecule has 0 aromatic heterocycles. The zero-order valence-electron chi connectivity index (χ0n) is 15.3. The third-order valence-electron chi connectivity index (χ3n) is 2.97. The van der Waals surface area contributed by atoms with E-state index in [0.717, 1.165) is 0 Å². The fourth-order valence-corrected chi connectivity index (χ4v) is 3.50. The van der Waals surface area contributed by atoms with E-state index in [0.29, 0.717) is 17.4 Å². The number of ether oxygens (including phenoxy) is 4. The molecule has 1 unspecified atom stereocenters. The van der Waals surface area contributed by atoms with Crippen molar-refractivity contribution in [1.29, 1.82) is 0 Å². The largest absolute Gasteiger partial charge is 0.479 e. The summed E-state index contributed by atoms with van der Waals surface area (Å²) in [5.74, 6) is -1.26. The molecule has 1 atom stereocenters. The van der Waals surface area contributed by atoms with E-state index < -0.39 is 23.3 Å². The second kappa shape index (κ2) is 12.1. The van der Waals surface area contributed by atoms with Crippen molar-refractivity contribution >= 4 is 46.3 Å². The molecule has 0 aromatic rings. The first-order chi connectivity index (χ1) is 11.6. The minimum Gasteiger partial charge on any atom is -0.479 e. The number of rotatable bonds is 10. The molecule has 0 N–H and O–H groups in total. The van der Waals surface area contributed by atoms with E-state index >= 15 is 0 Å². The highest BCUT2D eigenvalue weighted by Gasteiger charge is 2.33. The van der Waals surface area contributed by atoms with Crippen LogP contribution < -0.4 is 0 Å². The molecule has 0 rings (SSSR count). The average molecular weight is 395 g/mol. The van der Waals surface area contributed by atoms with Crippen LogP contribution in [-0.4, -0.2) is 54.0 Å². The van der Waals surface area contributed by atoms with Crippen LogP contribution in [0.2, 0.25) is 0 Å². The molecule has 0 radical (unpaired) electrons. The molecule has 0 aliphatic heterocycles. The number of carbonyl (C=O) groups is 3. The minimum absolute atomic E-state index is 0.0636. The number of esters is 3. The highest BCUT2D eigenvalue weighted by Crippen LogP contribution is 2.31. The van der Waals surface area contributed by atoms with Crippen molar-refractivity contribution in [3.05, 3.63) is 0 Å². The maximum Gasteiger partial charge on any atom is 0.302 e.